The summed E-state index contributed by atoms with van der Waals surface area (Å²) >= 11 is 0. The van der Waals surface area contributed by atoms with Gasteiger partial charge in [0.1, 0.15) is 48.3 Å². The summed E-state index contributed by atoms with van der Waals surface area (Å²) in [5.74, 6) is -6.81. The molecule has 1 aromatic rings. The molecule has 0 heterocycles. The highest BCUT2D eigenvalue weighted by atomic mass is 16.4. The van der Waals surface area contributed by atoms with E-state index < -0.39 is 102 Å². The minimum Gasteiger partial charge on any atom is -0.480 e. The number of nitrogens with two attached hydrogens (primary N) is 1. The van der Waals surface area contributed by atoms with E-state index >= 15 is 0 Å². The second kappa shape index (κ2) is 25.8. The molecule has 0 saturated heterocycles. The Morgan fingerprint density at radius 1 is 0.450 bits per heavy atom. The summed E-state index contributed by atoms with van der Waals surface area (Å²) < 4.78 is 0. The van der Waals surface area contributed by atoms with Gasteiger partial charge in [0.25, 0.3) is 0 Å². The molecule has 0 bridgehead atoms. The van der Waals surface area contributed by atoms with Crippen LogP contribution in [-0.2, 0) is 49.6 Å². The lowest BCUT2D eigenvalue weighted by Crippen LogP contribution is -2.59. The van der Waals surface area contributed by atoms with Crippen molar-refractivity contribution in [2.75, 3.05) is 6.54 Å². The highest BCUT2D eigenvalue weighted by molar-refractivity contribution is 5.97. The van der Waals surface area contributed by atoms with Crippen LogP contribution in [-0.4, -0.2) is 113 Å². The van der Waals surface area contributed by atoms with Crippen LogP contribution in [0.2, 0.25) is 0 Å². The van der Waals surface area contributed by atoms with E-state index in [4.69, 9.17) is 5.73 Å². The van der Waals surface area contributed by atoms with Gasteiger partial charge in [-0.3, -0.25) is 38.4 Å². The molecule has 0 aromatic heterocycles. The van der Waals surface area contributed by atoms with Gasteiger partial charge >= 0.3 is 5.97 Å². The first-order chi connectivity index (χ1) is 27.9. The lowest BCUT2D eigenvalue weighted by atomic mass is 10.0. The van der Waals surface area contributed by atoms with Gasteiger partial charge in [-0.15, -0.1) is 0 Å². The lowest BCUT2D eigenvalue weighted by Gasteiger charge is -2.26. The maximum atomic E-state index is 13.4. The van der Waals surface area contributed by atoms with Crippen LogP contribution in [0.15, 0.2) is 30.3 Å². The molecule has 0 fully saturated rings. The number of carbonyl (C=O) groups is 9. The van der Waals surface area contributed by atoms with Crippen LogP contribution < -0.4 is 48.3 Å². The fourth-order valence-electron chi connectivity index (χ4n) is 5.84. The number of carboxylic acid groups (broad SMARTS) is 1. The molecule has 0 aliphatic carbocycles. The number of carbonyl (C=O) groups excluding carboxylic acids is 8. The third-order valence-electron chi connectivity index (χ3n) is 9.13. The molecular formula is C41H67N9O10. The first-order valence-corrected chi connectivity index (χ1v) is 20.3. The molecule has 0 spiro atoms. The van der Waals surface area contributed by atoms with Gasteiger partial charge in [-0.25, -0.2) is 4.79 Å². The van der Waals surface area contributed by atoms with Gasteiger partial charge in [0, 0.05) is 6.42 Å². The third-order valence-corrected chi connectivity index (χ3v) is 9.13. The summed E-state index contributed by atoms with van der Waals surface area (Å²) in [6.07, 6.45) is 0.699. The molecule has 0 aliphatic heterocycles. The quantitative estimate of drug-likeness (QED) is 0.0591. The fourth-order valence-corrected chi connectivity index (χ4v) is 5.84. The zero-order valence-electron chi connectivity index (χ0n) is 36.5. The molecule has 8 atom stereocenters. The maximum absolute atomic E-state index is 13.4. The highest BCUT2D eigenvalue weighted by Crippen LogP contribution is 2.10. The summed E-state index contributed by atoms with van der Waals surface area (Å²) in [5, 5.41) is 29.8. The monoisotopic (exact) mass is 846 g/mol. The van der Waals surface area contributed by atoms with Crippen molar-refractivity contribution in [1.29, 1.82) is 0 Å². The molecule has 8 amide bonds. The van der Waals surface area contributed by atoms with E-state index in [0.29, 0.717) is 0 Å². The van der Waals surface area contributed by atoms with Gasteiger partial charge in [0.15, 0.2) is 0 Å². The molecule has 19 nitrogen and oxygen atoms in total. The smallest absolute Gasteiger partial charge is 0.326 e. The van der Waals surface area contributed by atoms with Crippen LogP contribution in [0.1, 0.15) is 94.1 Å². The van der Waals surface area contributed by atoms with E-state index in [0.717, 1.165) is 5.56 Å². The van der Waals surface area contributed by atoms with Crippen LogP contribution >= 0.6 is 0 Å². The number of hydrogen-bond donors (Lipinski definition) is 10. The van der Waals surface area contributed by atoms with Gasteiger partial charge in [0.05, 0.1) is 6.54 Å². The van der Waals surface area contributed by atoms with Crippen molar-refractivity contribution in [3.63, 3.8) is 0 Å². The van der Waals surface area contributed by atoms with Gasteiger partial charge in [-0.2, -0.15) is 0 Å². The SMILES string of the molecule is CC(C)C[C@H](NC(=O)[C@H](C)NC(=O)[C@H](CC(C)C)NC(=O)[C@H](C)NC(=O)[C@H](C)NC(=O)[C@H](C)NC(=O)[C@H](CC(C)C)NC(=O)[C@H](Cc1ccccc1)NC(=O)CN)C(=O)O. The fraction of sp³-hybridized carbons (Fsp3) is 0.634. The Kier molecular flexibility index (Phi) is 22.5. The number of hydrogen-bond acceptors (Lipinski definition) is 10. The minimum absolute atomic E-state index is 0.0135. The summed E-state index contributed by atoms with van der Waals surface area (Å²) in [4.78, 5) is 116. The maximum Gasteiger partial charge on any atom is 0.326 e. The molecule has 1 aromatic carbocycles. The molecule has 1 rings (SSSR count). The normalized spacial score (nSPS) is 15.2. The van der Waals surface area contributed by atoms with E-state index in [2.05, 4.69) is 42.5 Å². The number of carboxylic acids is 1. The van der Waals surface area contributed by atoms with Crippen LogP contribution in [0.3, 0.4) is 0 Å². The lowest BCUT2D eigenvalue weighted by molar-refractivity contribution is -0.142. The van der Waals surface area contributed by atoms with Crippen molar-refractivity contribution in [2.24, 2.45) is 23.5 Å². The molecule has 0 aliphatic rings. The van der Waals surface area contributed by atoms with Gasteiger partial charge in [0.2, 0.25) is 47.3 Å². The molecule has 11 N–H and O–H groups in total. The van der Waals surface area contributed by atoms with Crippen LogP contribution in [0.4, 0.5) is 0 Å². The highest BCUT2D eigenvalue weighted by Gasteiger charge is 2.32. The Labute approximate surface area is 352 Å². The van der Waals surface area contributed by atoms with Crippen LogP contribution in [0.5, 0.6) is 0 Å². The van der Waals surface area contributed by atoms with E-state index in [1.54, 1.807) is 24.3 Å². The Morgan fingerprint density at radius 3 is 1.13 bits per heavy atom. The molecule has 336 valence electrons. The standard InChI is InChI=1S/C41H67N9O10/c1-21(2)16-29(38(56)46-27(10)37(55)50-32(41(59)60)18-23(5)6)48-36(54)26(9)44-34(52)24(7)43-35(53)25(8)45-39(57)30(17-22(3)4)49-40(58)31(47-33(51)20-42)19-28-14-12-11-13-15-28/h11-15,21-27,29-32H,16-20,42H2,1-10H3,(H,43,53)(H,44,52)(H,45,57)(H,46,56)(H,47,51)(H,48,54)(H,49,58)(H,50,55)(H,59,60)/t24-,25-,26-,27-,29-,30-,31-,32-/m0/s1. The Bertz CT molecular complexity index is 1640. The van der Waals surface area contributed by atoms with E-state index in [9.17, 15) is 48.3 Å². The van der Waals surface area contributed by atoms with E-state index in [1.165, 1.54) is 27.7 Å². The number of amides is 8. The molecule has 19 heteroatoms. The number of nitrogens with one attached hydrogen (secondary N) is 8. The number of benzene rings is 1. The second-order valence-electron chi connectivity index (χ2n) is 16.3. The zero-order chi connectivity index (χ0) is 45.9. The Balaban J connectivity index is 2.89. The average molecular weight is 846 g/mol. The molecular weight excluding hydrogens is 779 g/mol. The van der Waals surface area contributed by atoms with Gasteiger partial charge in [-0.1, -0.05) is 71.9 Å². The topological polar surface area (TPSA) is 296 Å². The molecule has 60 heavy (non-hydrogen) atoms. The van der Waals surface area contributed by atoms with Crippen molar-refractivity contribution < 1.29 is 48.3 Å². The van der Waals surface area contributed by atoms with E-state index in [1.807, 2.05) is 47.6 Å². The molecule has 0 radical (unpaired) electrons. The van der Waals surface area contributed by atoms with E-state index in [-0.39, 0.29) is 50.0 Å². The van der Waals surface area contributed by atoms with Gasteiger partial charge in [-0.05, 0) is 70.3 Å². The largest absolute Gasteiger partial charge is 0.480 e. The Hall–Kier alpha value is -5.59. The van der Waals surface area contributed by atoms with Crippen LogP contribution in [0, 0.1) is 17.8 Å². The van der Waals surface area contributed by atoms with Crippen molar-refractivity contribution in [2.45, 2.75) is 143 Å². The summed E-state index contributed by atoms with van der Waals surface area (Å²) in [6, 6.07) is -0.0543. The van der Waals surface area contributed by atoms with Crippen LogP contribution in [0.25, 0.3) is 0 Å². The zero-order valence-corrected chi connectivity index (χ0v) is 36.5. The first kappa shape index (κ1) is 52.4. The van der Waals surface area contributed by atoms with Gasteiger partial charge < -0.3 is 53.4 Å². The number of rotatable bonds is 25. The summed E-state index contributed by atoms with van der Waals surface area (Å²) in [7, 11) is 0. The minimum atomic E-state index is -1.21. The van der Waals surface area contributed by atoms with Crippen molar-refractivity contribution in [1.82, 2.24) is 42.5 Å². The summed E-state index contributed by atoms with van der Waals surface area (Å²) in [5.41, 5.74) is 6.23. The second-order valence-corrected chi connectivity index (χ2v) is 16.3. The summed E-state index contributed by atoms with van der Waals surface area (Å²) in [6.45, 7) is 16.1. The Morgan fingerprint density at radius 2 is 0.767 bits per heavy atom. The predicted octanol–water partition coefficient (Wildman–Crippen LogP) is -0.631. The third kappa shape index (κ3) is 19.4. The molecule has 0 saturated carbocycles. The predicted molar refractivity (Wildman–Crippen MR) is 223 cm³/mol. The molecule has 0 unspecified atom stereocenters. The van der Waals surface area contributed by atoms with Crippen molar-refractivity contribution in [3.05, 3.63) is 35.9 Å². The first-order valence-electron chi connectivity index (χ1n) is 20.3. The average Bonchev–Trinajstić information content (AvgIpc) is 3.16. The number of aliphatic carboxylic acids is 1. The van der Waals surface area contributed by atoms with Crippen molar-refractivity contribution in [3.8, 4) is 0 Å². The van der Waals surface area contributed by atoms with Crippen molar-refractivity contribution >= 4 is 53.2 Å².